The highest BCUT2D eigenvalue weighted by atomic mass is 16.4. The predicted molar refractivity (Wildman–Crippen MR) is 72.0 cm³/mol. The Kier molecular flexibility index (Phi) is 3.65. The average Bonchev–Trinajstić information content (AvgIpc) is 2.38. The Morgan fingerprint density at radius 3 is 2.65 bits per heavy atom. The zero-order valence-electron chi connectivity index (χ0n) is 10.6. The van der Waals surface area contributed by atoms with Gasteiger partial charge in [0.25, 0.3) is 5.91 Å². The molecule has 0 aliphatic carbocycles. The van der Waals surface area contributed by atoms with Gasteiger partial charge in [-0.1, -0.05) is 6.07 Å². The SMILES string of the molecule is Cc1ccc(C(=O)Nc2cccnc2C(=O)O)c(O)c1. The third-order valence-electron chi connectivity index (χ3n) is 2.66. The van der Waals surface area contributed by atoms with E-state index in [9.17, 15) is 14.7 Å². The van der Waals surface area contributed by atoms with Gasteiger partial charge in [0.1, 0.15) is 5.75 Å². The zero-order chi connectivity index (χ0) is 14.7. The van der Waals surface area contributed by atoms with Gasteiger partial charge < -0.3 is 15.5 Å². The number of anilines is 1. The molecule has 6 heteroatoms. The van der Waals surface area contributed by atoms with E-state index in [4.69, 9.17) is 5.11 Å². The summed E-state index contributed by atoms with van der Waals surface area (Å²) in [6.45, 7) is 1.78. The van der Waals surface area contributed by atoms with Crippen LogP contribution in [-0.4, -0.2) is 27.1 Å². The standard InChI is InChI=1S/C14H12N2O4/c1-8-4-5-9(11(17)7-8)13(18)16-10-3-2-6-15-12(10)14(19)20/h2-7,17H,1H3,(H,16,18)(H,19,20). The van der Waals surface area contributed by atoms with Crippen molar-refractivity contribution >= 4 is 17.6 Å². The molecule has 0 saturated heterocycles. The Labute approximate surface area is 114 Å². The fraction of sp³-hybridized carbons (Fsp3) is 0.0714. The summed E-state index contributed by atoms with van der Waals surface area (Å²) in [6.07, 6.45) is 1.32. The fourth-order valence-corrected chi connectivity index (χ4v) is 1.70. The number of carbonyl (C=O) groups is 2. The number of hydrogen-bond donors (Lipinski definition) is 3. The maximum Gasteiger partial charge on any atom is 0.356 e. The van der Waals surface area contributed by atoms with Crippen LogP contribution in [0.25, 0.3) is 0 Å². The number of aromatic hydroxyl groups is 1. The van der Waals surface area contributed by atoms with Crippen LogP contribution in [-0.2, 0) is 0 Å². The molecule has 1 heterocycles. The number of carboxylic acid groups (broad SMARTS) is 1. The summed E-state index contributed by atoms with van der Waals surface area (Å²) in [5.74, 6) is -2.00. The number of nitrogens with one attached hydrogen (secondary N) is 1. The van der Waals surface area contributed by atoms with E-state index in [2.05, 4.69) is 10.3 Å². The highest BCUT2D eigenvalue weighted by molar-refractivity contribution is 6.08. The zero-order valence-corrected chi connectivity index (χ0v) is 10.6. The Bertz CT molecular complexity index is 683. The highest BCUT2D eigenvalue weighted by Gasteiger charge is 2.16. The van der Waals surface area contributed by atoms with Gasteiger partial charge >= 0.3 is 5.97 Å². The number of aryl methyl sites for hydroxylation is 1. The van der Waals surface area contributed by atoms with E-state index in [1.807, 2.05) is 0 Å². The third kappa shape index (κ3) is 2.74. The molecule has 0 bridgehead atoms. The molecule has 0 radical (unpaired) electrons. The summed E-state index contributed by atoms with van der Waals surface area (Å²) in [7, 11) is 0. The molecule has 20 heavy (non-hydrogen) atoms. The molecule has 0 saturated carbocycles. The first-order chi connectivity index (χ1) is 9.49. The van der Waals surface area contributed by atoms with Crippen LogP contribution in [0.4, 0.5) is 5.69 Å². The number of carbonyl (C=O) groups excluding carboxylic acids is 1. The number of amides is 1. The number of nitrogens with zero attached hydrogens (tertiary/aromatic N) is 1. The van der Waals surface area contributed by atoms with Crippen molar-refractivity contribution in [1.29, 1.82) is 0 Å². The van der Waals surface area contributed by atoms with Crippen LogP contribution in [0.2, 0.25) is 0 Å². The quantitative estimate of drug-likeness (QED) is 0.794. The molecule has 1 aromatic heterocycles. The summed E-state index contributed by atoms with van der Waals surface area (Å²) in [5.41, 5.74) is 0.694. The topological polar surface area (TPSA) is 99.5 Å². The second-order valence-electron chi connectivity index (χ2n) is 4.18. The van der Waals surface area contributed by atoms with Crippen molar-refractivity contribution in [3.63, 3.8) is 0 Å². The largest absolute Gasteiger partial charge is 0.507 e. The van der Waals surface area contributed by atoms with E-state index >= 15 is 0 Å². The number of pyridine rings is 1. The number of benzene rings is 1. The number of aromatic nitrogens is 1. The van der Waals surface area contributed by atoms with E-state index in [1.54, 1.807) is 13.0 Å². The van der Waals surface area contributed by atoms with Gasteiger partial charge in [-0.3, -0.25) is 4.79 Å². The second kappa shape index (κ2) is 5.40. The first-order valence-corrected chi connectivity index (χ1v) is 5.78. The second-order valence-corrected chi connectivity index (χ2v) is 4.18. The van der Waals surface area contributed by atoms with Crippen molar-refractivity contribution < 1.29 is 19.8 Å². The maximum absolute atomic E-state index is 12.0. The molecule has 102 valence electrons. The molecule has 0 fully saturated rings. The Balaban J connectivity index is 2.30. The lowest BCUT2D eigenvalue weighted by molar-refractivity contribution is 0.0691. The van der Waals surface area contributed by atoms with E-state index in [1.165, 1.54) is 30.5 Å². The van der Waals surface area contributed by atoms with Crippen molar-refractivity contribution in [3.8, 4) is 5.75 Å². The van der Waals surface area contributed by atoms with Crippen molar-refractivity contribution in [2.24, 2.45) is 0 Å². The number of carboxylic acids is 1. The minimum absolute atomic E-state index is 0.0655. The van der Waals surface area contributed by atoms with Gasteiger partial charge in [0.05, 0.1) is 11.3 Å². The molecule has 0 spiro atoms. The average molecular weight is 272 g/mol. The van der Waals surface area contributed by atoms with Crippen LogP contribution in [0.1, 0.15) is 26.4 Å². The molecule has 2 rings (SSSR count). The monoisotopic (exact) mass is 272 g/mol. The summed E-state index contributed by atoms with van der Waals surface area (Å²) in [6, 6.07) is 7.54. The molecular formula is C14H12N2O4. The molecule has 1 aromatic carbocycles. The van der Waals surface area contributed by atoms with Crippen molar-refractivity contribution in [2.45, 2.75) is 6.92 Å². The van der Waals surface area contributed by atoms with E-state index in [0.29, 0.717) is 0 Å². The first kappa shape index (κ1) is 13.5. The van der Waals surface area contributed by atoms with Crippen LogP contribution in [0.3, 0.4) is 0 Å². The molecule has 0 unspecified atom stereocenters. The Morgan fingerprint density at radius 1 is 1.25 bits per heavy atom. The maximum atomic E-state index is 12.0. The normalized spacial score (nSPS) is 10.1. The fourth-order valence-electron chi connectivity index (χ4n) is 1.70. The van der Waals surface area contributed by atoms with Gasteiger partial charge in [0.2, 0.25) is 0 Å². The summed E-state index contributed by atoms with van der Waals surface area (Å²) in [4.78, 5) is 26.7. The summed E-state index contributed by atoms with van der Waals surface area (Å²) in [5, 5.41) is 21.1. The molecule has 1 amide bonds. The van der Waals surface area contributed by atoms with Gasteiger partial charge in [-0.25, -0.2) is 9.78 Å². The number of phenols is 1. The van der Waals surface area contributed by atoms with Gasteiger partial charge in [-0.05, 0) is 36.8 Å². The molecule has 0 atom stereocenters. The van der Waals surface area contributed by atoms with Gasteiger partial charge in [-0.2, -0.15) is 0 Å². The Hall–Kier alpha value is -2.89. The van der Waals surface area contributed by atoms with Crippen LogP contribution in [0.5, 0.6) is 5.75 Å². The summed E-state index contributed by atoms with van der Waals surface area (Å²) < 4.78 is 0. The van der Waals surface area contributed by atoms with Gasteiger partial charge in [0.15, 0.2) is 5.69 Å². The molecule has 0 aliphatic heterocycles. The smallest absolute Gasteiger partial charge is 0.356 e. The number of rotatable bonds is 3. The lowest BCUT2D eigenvalue weighted by Gasteiger charge is -2.09. The molecular weight excluding hydrogens is 260 g/mol. The van der Waals surface area contributed by atoms with Crippen LogP contribution in [0, 0.1) is 6.92 Å². The van der Waals surface area contributed by atoms with Crippen LogP contribution < -0.4 is 5.32 Å². The van der Waals surface area contributed by atoms with E-state index < -0.39 is 11.9 Å². The van der Waals surface area contributed by atoms with Crippen molar-refractivity contribution in [3.05, 3.63) is 53.3 Å². The minimum Gasteiger partial charge on any atom is -0.507 e. The third-order valence-corrected chi connectivity index (χ3v) is 2.66. The Morgan fingerprint density at radius 2 is 2.00 bits per heavy atom. The van der Waals surface area contributed by atoms with Gasteiger partial charge in [0, 0.05) is 6.20 Å². The number of aromatic carboxylic acids is 1. The van der Waals surface area contributed by atoms with Gasteiger partial charge in [-0.15, -0.1) is 0 Å². The van der Waals surface area contributed by atoms with Crippen LogP contribution in [0.15, 0.2) is 36.5 Å². The molecule has 0 aliphatic rings. The highest BCUT2D eigenvalue weighted by Crippen LogP contribution is 2.21. The number of hydrogen-bond acceptors (Lipinski definition) is 4. The van der Waals surface area contributed by atoms with E-state index in [-0.39, 0.29) is 22.7 Å². The molecule has 3 N–H and O–H groups in total. The lowest BCUT2D eigenvalue weighted by atomic mass is 10.1. The van der Waals surface area contributed by atoms with Crippen LogP contribution >= 0.6 is 0 Å². The minimum atomic E-state index is -1.24. The predicted octanol–water partition coefficient (Wildman–Crippen LogP) is 2.05. The lowest BCUT2D eigenvalue weighted by Crippen LogP contribution is -2.15. The summed E-state index contributed by atoms with van der Waals surface area (Å²) >= 11 is 0. The van der Waals surface area contributed by atoms with E-state index in [0.717, 1.165) is 5.56 Å². The van der Waals surface area contributed by atoms with Crippen molar-refractivity contribution in [1.82, 2.24) is 4.98 Å². The molecule has 2 aromatic rings. The number of phenolic OH excluding ortho intramolecular Hbond substituents is 1. The first-order valence-electron chi connectivity index (χ1n) is 5.78. The molecule has 6 nitrogen and oxygen atoms in total. The van der Waals surface area contributed by atoms with Crippen molar-refractivity contribution in [2.75, 3.05) is 5.32 Å².